The third-order valence-corrected chi connectivity index (χ3v) is 3.67. The Morgan fingerprint density at radius 2 is 2.00 bits per heavy atom. The van der Waals surface area contributed by atoms with Gasteiger partial charge in [-0.25, -0.2) is 14.4 Å². The van der Waals surface area contributed by atoms with Crippen LogP contribution in [0.2, 0.25) is 0 Å². The molecule has 22 heavy (non-hydrogen) atoms. The molecule has 4 rings (SSSR count). The molecule has 3 aromatic heterocycles. The molecule has 0 amide bonds. The molecule has 0 spiro atoms. The maximum absolute atomic E-state index is 14.4. The highest BCUT2D eigenvalue weighted by Gasteiger charge is 2.12. The zero-order chi connectivity index (χ0) is 15.1. The van der Waals surface area contributed by atoms with Crippen molar-refractivity contribution in [1.82, 2.24) is 24.1 Å². The fourth-order valence-electron chi connectivity index (χ4n) is 2.55. The summed E-state index contributed by atoms with van der Waals surface area (Å²) in [5.74, 6) is 0.389. The molecule has 0 aliphatic rings. The van der Waals surface area contributed by atoms with E-state index in [-0.39, 0.29) is 5.82 Å². The number of hydrogen-bond acceptors (Lipinski definition) is 3. The number of fused-ring (bicyclic) bond motifs is 1. The summed E-state index contributed by atoms with van der Waals surface area (Å²) in [4.78, 5) is 12.6. The summed E-state index contributed by atoms with van der Waals surface area (Å²) in [6, 6.07) is 6.91. The van der Waals surface area contributed by atoms with Gasteiger partial charge < -0.3 is 9.13 Å². The summed E-state index contributed by atoms with van der Waals surface area (Å²) in [7, 11) is 1.90. The number of aryl methyl sites for hydroxylation is 1. The van der Waals surface area contributed by atoms with Crippen molar-refractivity contribution in [2.45, 2.75) is 0 Å². The zero-order valence-corrected chi connectivity index (χ0v) is 11.8. The van der Waals surface area contributed by atoms with E-state index in [0.29, 0.717) is 11.5 Å². The Balaban J connectivity index is 1.85. The van der Waals surface area contributed by atoms with Crippen molar-refractivity contribution >= 4 is 11.0 Å². The van der Waals surface area contributed by atoms with Gasteiger partial charge in [0.1, 0.15) is 11.6 Å². The summed E-state index contributed by atoms with van der Waals surface area (Å²) >= 11 is 0. The standard InChI is InChI=1S/C16H12FN5/c1-21-15-9-18-5-4-13(15)20-16(21)11-2-3-14(12(17)8-11)22-7-6-19-10-22/h2-10H,1H3. The van der Waals surface area contributed by atoms with E-state index in [1.165, 1.54) is 6.07 Å². The quantitative estimate of drug-likeness (QED) is 0.571. The van der Waals surface area contributed by atoms with E-state index in [0.717, 1.165) is 16.6 Å². The van der Waals surface area contributed by atoms with Crippen molar-refractivity contribution in [2.75, 3.05) is 0 Å². The fraction of sp³-hybridized carbons (Fsp3) is 0.0625. The minimum atomic E-state index is -0.319. The molecule has 3 heterocycles. The summed E-state index contributed by atoms with van der Waals surface area (Å²) < 4.78 is 17.9. The monoisotopic (exact) mass is 293 g/mol. The molecule has 108 valence electrons. The summed E-state index contributed by atoms with van der Waals surface area (Å²) in [5, 5.41) is 0. The molecule has 4 aromatic rings. The molecule has 0 N–H and O–H groups in total. The van der Waals surface area contributed by atoms with Crippen LogP contribution in [-0.2, 0) is 7.05 Å². The van der Waals surface area contributed by atoms with Gasteiger partial charge in [-0.15, -0.1) is 0 Å². The summed E-state index contributed by atoms with van der Waals surface area (Å²) in [6.45, 7) is 0. The number of pyridine rings is 1. The van der Waals surface area contributed by atoms with Crippen LogP contribution in [0.1, 0.15) is 0 Å². The third kappa shape index (κ3) is 1.88. The molecular formula is C16H12FN5. The Hall–Kier alpha value is -3.02. The van der Waals surface area contributed by atoms with Crippen LogP contribution in [-0.4, -0.2) is 24.1 Å². The van der Waals surface area contributed by atoms with Gasteiger partial charge in [-0.3, -0.25) is 4.98 Å². The number of imidazole rings is 2. The van der Waals surface area contributed by atoms with Crippen molar-refractivity contribution in [2.24, 2.45) is 7.05 Å². The van der Waals surface area contributed by atoms with Gasteiger partial charge in [0, 0.05) is 31.2 Å². The number of nitrogens with zero attached hydrogens (tertiary/aromatic N) is 5. The highest BCUT2D eigenvalue weighted by molar-refractivity contribution is 5.79. The second kappa shape index (κ2) is 4.77. The average molecular weight is 293 g/mol. The highest BCUT2D eigenvalue weighted by atomic mass is 19.1. The van der Waals surface area contributed by atoms with Crippen LogP contribution < -0.4 is 0 Å². The second-order valence-corrected chi connectivity index (χ2v) is 4.99. The van der Waals surface area contributed by atoms with Crippen molar-refractivity contribution in [3.8, 4) is 17.1 Å². The molecule has 0 unspecified atom stereocenters. The number of halogens is 1. The molecule has 0 bridgehead atoms. The predicted molar refractivity (Wildman–Crippen MR) is 81.0 cm³/mol. The molecule has 0 radical (unpaired) electrons. The van der Waals surface area contributed by atoms with E-state index in [2.05, 4.69) is 15.0 Å². The smallest absolute Gasteiger partial charge is 0.147 e. The van der Waals surface area contributed by atoms with Crippen molar-refractivity contribution in [3.05, 3.63) is 61.2 Å². The maximum atomic E-state index is 14.4. The third-order valence-electron chi connectivity index (χ3n) is 3.67. The Kier molecular flexibility index (Phi) is 2.75. The van der Waals surface area contributed by atoms with Crippen LogP contribution >= 0.6 is 0 Å². The minimum Gasteiger partial charge on any atom is -0.326 e. The van der Waals surface area contributed by atoms with Crippen LogP contribution in [0.15, 0.2) is 55.4 Å². The molecular weight excluding hydrogens is 281 g/mol. The Bertz CT molecular complexity index is 956. The predicted octanol–water partition coefficient (Wildman–Crippen LogP) is 2.96. The van der Waals surface area contributed by atoms with Gasteiger partial charge in [-0.1, -0.05) is 0 Å². The van der Waals surface area contributed by atoms with E-state index in [1.807, 2.05) is 23.7 Å². The SMILES string of the molecule is Cn1c(-c2ccc(-n3ccnc3)c(F)c2)nc2ccncc21. The van der Waals surface area contributed by atoms with Gasteiger partial charge >= 0.3 is 0 Å². The highest BCUT2D eigenvalue weighted by Crippen LogP contribution is 2.25. The lowest BCUT2D eigenvalue weighted by Crippen LogP contribution is -1.97. The lowest BCUT2D eigenvalue weighted by atomic mass is 10.2. The summed E-state index contributed by atoms with van der Waals surface area (Å²) in [6.07, 6.45) is 8.34. The molecule has 5 nitrogen and oxygen atoms in total. The first-order valence-electron chi connectivity index (χ1n) is 6.79. The first kappa shape index (κ1) is 12.7. The van der Waals surface area contributed by atoms with Gasteiger partial charge in [0.05, 0.1) is 29.2 Å². The van der Waals surface area contributed by atoms with Gasteiger partial charge in [-0.2, -0.15) is 0 Å². The average Bonchev–Trinajstić information content (AvgIpc) is 3.16. The number of rotatable bonds is 2. The Labute approximate surface area is 125 Å². The van der Waals surface area contributed by atoms with Crippen LogP contribution in [0.5, 0.6) is 0 Å². The largest absolute Gasteiger partial charge is 0.326 e. The van der Waals surface area contributed by atoms with E-state index in [4.69, 9.17) is 0 Å². The van der Waals surface area contributed by atoms with E-state index < -0.39 is 0 Å². The minimum absolute atomic E-state index is 0.319. The molecule has 0 fully saturated rings. The van der Waals surface area contributed by atoms with Crippen molar-refractivity contribution < 1.29 is 4.39 Å². The topological polar surface area (TPSA) is 48.5 Å². The molecule has 0 saturated carbocycles. The molecule has 0 saturated heterocycles. The lowest BCUT2D eigenvalue weighted by molar-refractivity contribution is 0.618. The molecule has 0 atom stereocenters. The number of benzene rings is 1. The Morgan fingerprint density at radius 3 is 2.73 bits per heavy atom. The summed E-state index contributed by atoms with van der Waals surface area (Å²) in [5.41, 5.74) is 2.94. The first-order chi connectivity index (χ1) is 10.7. The molecule has 1 aromatic carbocycles. The number of hydrogen-bond donors (Lipinski definition) is 0. The van der Waals surface area contributed by atoms with E-state index >= 15 is 0 Å². The van der Waals surface area contributed by atoms with Crippen LogP contribution in [0.3, 0.4) is 0 Å². The zero-order valence-electron chi connectivity index (χ0n) is 11.8. The van der Waals surface area contributed by atoms with Gasteiger partial charge in [0.25, 0.3) is 0 Å². The van der Waals surface area contributed by atoms with Crippen molar-refractivity contribution in [1.29, 1.82) is 0 Å². The van der Waals surface area contributed by atoms with Gasteiger partial charge in [0.15, 0.2) is 0 Å². The molecule has 0 aliphatic carbocycles. The lowest BCUT2D eigenvalue weighted by Gasteiger charge is -2.07. The maximum Gasteiger partial charge on any atom is 0.147 e. The van der Waals surface area contributed by atoms with Crippen LogP contribution in [0.4, 0.5) is 4.39 Å². The van der Waals surface area contributed by atoms with Gasteiger partial charge in [-0.05, 0) is 24.3 Å². The van der Waals surface area contributed by atoms with Crippen LogP contribution in [0.25, 0.3) is 28.1 Å². The molecule has 6 heteroatoms. The fourth-order valence-corrected chi connectivity index (χ4v) is 2.55. The van der Waals surface area contributed by atoms with Crippen molar-refractivity contribution in [3.63, 3.8) is 0 Å². The Morgan fingerprint density at radius 1 is 1.09 bits per heavy atom. The van der Waals surface area contributed by atoms with E-state index in [1.54, 1.807) is 41.7 Å². The van der Waals surface area contributed by atoms with Crippen LogP contribution in [0, 0.1) is 5.82 Å². The normalized spacial score (nSPS) is 11.2. The second-order valence-electron chi connectivity index (χ2n) is 4.99. The van der Waals surface area contributed by atoms with Gasteiger partial charge in [0.2, 0.25) is 0 Å². The first-order valence-corrected chi connectivity index (χ1v) is 6.79. The molecule has 0 aliphatic heterocycles. The number of aromatic nitrogens is 5. The van der Waals surface area contributed by atoms with E-state index in [9.17, 15) is 4.39 Å².